The van der Waals surface area contributed by atoms with Crippen molar-refractivity contribution in [2.24, 2.45) is 0 Å². The molecule has 0 bridgehead atoms. The molecule has 4 rings (SSSR count). The highest BCUT2D eigenvalue weighted by atomic mass is 32.1. The minimum Gasteiger partial charge on any atom is -0.463 e. The normalized spacial score (nSPS) is 14.5. The van der Waals surface area contributed by atoms with Gasteiger partial charge in [-0.2, -0.15) is 0 Å². The summed E-state index contributed by atoms with van der Waals surface area (Å²) in [5.74, 6) is 0.592. The first-order chi connectivity index (χ1) is 13.2. The number of nitrogens with zero attached hydrogens (tertiary/aromatic N) is 1. The zero-order valence-electron chi connectivity index (χ0n) is 14.7. The molecular weight excluding hydrogens is 362 g/mol. The summed E-state index contributed by atoms with van der Waals surface area (Å²) in [5, 5.41) is 4.85. The van der Waals surface area contributed by atoms with Gasteiger partial charge in [0.15, 0.2) is 12.3 Å². The third kappa shape index (κ3) is 4.10. The fourth-order valence-electron chi connectivity index (χ4n) is 3.27. The molecular formula is C20H20N3O3S+. The number of anilines is 2. The van der Waals surface area contributed by atoms with Crippen molar-refractivity contribution < 1.29 is 18.9 Å². The van der Waals surface area contributed by atoms with Gasteiger partial charge in [0, 0.05) is 0 Å². The van der Waals surface area contributed by atoms with Crippen LogP contribution < -0.4 is 15.1 Å². The van der Waals surface area contributed by atoms with Gasteiger partial charge in [-0.1, -0.05) is 18.2 Å². The number of para-hydroxylation sites is 2. The molecule has 3 heterocycles. The summed E-state index contributed by atoms with van der Waals surface area (Å²) in [6.45, 7) is 1.66. The largest absolute Gasteiger partial charge is 0.463 e. The van der Waals surface area contributed by atoms with Gasteiger partial charge in [0.25, 0.3) is 5.91 Å². The summed E-state index contributed by atoms with van der Waals surface area (Å²) in [6.07, 6.45) is 1.64. The van der Waals surface area contributed by atoms with E-state index in [4.69, 9.17) is 4.42 Å². The van der Waals surface area contributed by atoms with Crippen molar-refractivity contribution in [2.75, 3.05) is 23.3 Å². The standard InChI is InChI=1S/C20H19N3O3S/c24-19-13-23(18-8-2-1-7-17(18)21-19)20(25)14-22(11-15-5-3-9-26-15)12-16-6-4-10-27-16/h1-10H,11-14H2,(H,21,24)/p+1. The van der Waals surface area contributed by atoms with Crippen molar-refractivity contribution in [1.82, 2.24) is 0 Å². The molecule has 1 aromatic carbocycles. The van der Waals surface area contributed by atoms with Crippen LogP contribution in [-0.4, -0.2) is 24.9 Å². The van der Waals surface area contributed by atoms with E-state index in [-0.39, 0.29) is 24.9 Å². The van der Waals surface area contributed by atoms with E-state index in [1.165, 1.54) is 4.88 Å². The number of carbonyl (C=O) groups is 2. The summed E-state index contributed by atoms with van der Waals surface area (Å²) in [7, 11) is 0. The van der Waals surface area contributed by atoms with Gasteiger partial charge < -0.3 is 14.6 Å². The molecule has 138 valence electrons. The highest BCUT2D eigenvalue weighted by Gasteiger charge is 2.29. The third-order valence-corrected chi connectivity index (χ3v) is 5.36. The number of quaternary nitrogens is 1. The lowest BCUT2D eigenvalue weighted by Crippen LogP contribution is -3.10. The second kappa shape index (κ2) is 7.77. The number of fused-ring (bicyclic) bond motifs is 1. The number of amides is 2. The Morgan fingerprint density at radius 3 is 2.81 bits per heavy atom. The summed E-state index contributed by atoms with van der Waals surface area (Å²) in [6, 6.07) is 15.2. The quantitative estimate of drug-likeness (QED) is 0.684. The molecule has 0 fully saturated rings. The Hall–Kier alpha value is -2.90. The van der Waals surface area contributed by atoms with Crippen LogP contribution in [0.5, 0.6) is 0 Å². The van der Waals surface area contributed by atoms with Gasteiger partial charge in [0.05, 0.1) is 22.5 Å². The number of carbonyl (C=O) groups excluding carboxylic acids is 2. The van der Waals surface area contributed by atoms with Gasteiger partial charge in [-0.25, -0.2) is 0 Å². The minimum absolute atomic E-state index is 0.0445. The van der Waals surface area contributed by atoms with E-state index in [1.54, 1.807) is 22.5 Å². The molecule has 2 amide bonds. The van der Waals surface area contributed by atoms with Gasteiger partial charge in [-0.3, -0.25) is 14.5 Å². The van der Waals surface area contributed by atoms with E-state index in [0.29, 0.717) is 12.2 Å². The zero-order valence-corrected chi connectivity index (χ0v) is 15.5. The Bertz CT molecular complexity index is 886. The Balaban J connectivity index is 1.53. The average Bonchev–Trinajstić information content (AvgIpc) is 3.35. The molecule has 1 aliphatic heterocycles. The Labute approximate surface area is 161 Å². The summed E-state index contributed by atoms with van der Waals surface area (Å²) in [5.41, 5.74) is 1.42. The Morgan fingerprint density at radius 1 is 1.15 bits per heavy atom. The topological polar surface area (TPSA) is 67.0 Å². The van der Waals surface area contributed by atoms with Crippen LogP contribution >= 0.6 is 11.3 Å². The van der Waals surface area contributed by atoms with E-state index in [1.807, 2.05) is 47.8 Å². The van der Waals surface area contributed by atoms with Crippen LogP contribution in [0.15, 0.2) is 64.6 Å². The number of furan rings is 1. The van der Waals surface area contributed by atoms with Crippen molar-refractivity contribution in [1.29, 1.82) is 0 Å². The summed E-state index contributed by atoms with van der Waals surface area (Å²) < 4.78 is 5.48. The van der Waals surface area contributed by atoms with Crippen LogP contribution in [0.2, 0.25) is 0 Å². The van der Waals surface area contributed by atoms with E-state index in [2.05, 4.69) is 11.4 Å². The Kier molecular flexibility index (Phi) is 5.04. The van der Waals surface area contributed by atoms with Crippen LogP contribution in [-0.2, 0) is 22.7 Å². The Morgan fingerprint density at radius 2 is 2.04 bits per heavy atom. The number of nitrogens with one attached hydrogen (secondary N) is 2. The molecule has 1 aliphatic rings. The minimum atomic E-state index is -0.173. The first-order valence-corrected chi connectivity index (χ1v) is 9.64. The molecule has 1 atom stereocenters. The first-order valence-electron chi connectivity index (χ1n) is 8.76. The van der Waals surface area contributed by atoms with Crippen LogP contribution in [0.3, 0.4) is 0 Å². The summed E-state index contributed by atoms with van der Waals surface area (Å²) >= 11 is 1.68. The molecule has 0 aliphatic carbocycles. The number of thiophene rings is 1. The predicted molar refractivity (Wildman–Crippen MR) is 104 cm³/mol. The van der Waals surface area contributed by atoms with Crippen molar-refractivity contribution >= 4 is 34.5 Å². The molecule has 0 saturated carbocycles. The maximum atomic E-state index is 13.1. The van der Waals surface area contributed by atoms with Crippen LogP contribution in [0.1, 0.15) is 10.6 Å². The van der Waals surface area contributed by atoms with E-state index in [9.17, 15) is 9.59 Å². The fourth-order valence-corrected chi connectivity index (χ4v) is 4.05. The van der Waals surface area contributed by atoms with Crippen molar-refractivity contribution in [3.63, 3.8) is 0 Å². The summed E-state index contributed by atoms with van der Waals surface area (Å²) in [4.78, 5) is 28.9. The monoisotopic (exact) mass is 382 g/mol. The number of benzene rings is 1. The lowest BCUT2D eigenvalue weighted by atomic mass is 10.2. The number of hydrogen-bond acceptors (Lipinski definition) is 4. The van der Waals surface area contributed by atoms with E-state index >= 15 is 0 Å². The van der Waals surface area contributed by atoms with Crippen LogP contribution in [0, 0.1) is 0 Å². The molecule has 3 aromatic rings. The van der Waals surface area contributed by atoms with Crippen molar-refractivity contribution in [2.45, 2.75) is 13.1 Å². The molecule has 2 aromatic heterocycles. The third-order valence-electron chi connectivity index (χ3n) is 4.48. The van der Waals surface area contributed by atoms with Gasteiger partial charge >= 0.3 is 0 Å². The molecule has 1 unspecified atom stereocenters. The first kappa shape index (κ1) is 17.5. The van der Waals surface area contributed by atoms with Gasteiger partial charge in [-0.15, -0.1) is 11.3 Å². The van der Waals surface area contributed by atoms with Gasteiger partial charge in [0.1, 0.15) is 19.6 Å². The lowest BCUT2D eigenvalue weighted by molar-refractivity contribution is -0.920. The maximum absolute atomic E-state index is 13.1. The van der Waals surface area contributed by atoms with Crippen LogP contribution in [0.4, 0.5) is 11.4 Å². The lowest BCUT2D eigenvalue weighted by Gasteiger charge is -2.30. The fraction of sp³-hybridized carbons (Fsp3) is 0.200. The molecule has 0 radical (unpaired) electrons. The highest BCUT2D eigenvalue weighted by molar-refractivity contribution is 7.09. The second-order valence-corrected chi connectivity index (χ2v) is 7.52. The maximum Gasteiger partial charge on any atom is 0.282 e. The highest BCUT2D eigenvalue weighted by Crippen LogP contribution is 2.28. The smallest absolute Gasteiger partial charge is 0.282 e. The average molecular weight is 382 g/mol. The molecule has 7 heteroatoms. The molecule has 0 spiro atoms. The van der Waals surface area contributed by atoms with Crippen molar-refractivity contribution in [3.05, 3.63) is 70.8 Å². The van der Waals surface area contributed by atoms with Crippen molar-refractivity contribution in [3.8, 4) is 0 Å². The van der Waals surface area contributed by atoms with Crippen LogP contribution in [0.25, 0.3) is 0 Å². The second-order valence-electron chi connectivity index (χ2n) is 6.48. The SMILES string of the molecule is O=C1CN(C(=O)C[NH+](Cc2ccco2)Cc2cccs2)c2ccccc2N1. The molecule has 27 heavy (non-hydrogen) atoms. The predicted octanol–water partition coefficient (Wildman–Crippen LogP) is 1.91. The molecule has 0 saturated heterocycles. The molecule has 6 nitrogen and oxygen atoms in total. The number of hydrogen-bond donors (Lipinski definition) is 2. The molecule has 2 N–H and O–H groups in total. The van der Waals surface area contributed by atoms with E-state index < -0.39 is 0 Å². The van der Waals surface area contributed by atoms with Gasteiger partial charge in [-0.05, 0) is 35.7 Å². The van der Waals surface area contributed by atoms with E-state index in [0.717, 1.165) is 22.9 Å². The van der Waals surface area contributed by atoms with Gasteiger partial charge in [0.2, 0.25) is 5.91 Å². The zero-order chi connectivity index (χ0) is 18.6. The number of rotatable bonds is 6.